The molecule has 0 fully saturated rings. The van der Waals surface area contributed by atoms with Crippen molar-refractivity contribution in [2.45, 2.75) is 50.1 Å². The van der Waals surface area contributed by atoms with Gasteiger partial charge in [-0.1, -0.05) is 32.5 Å². The molecule has 0 bridgehead atoms. The van der Waals surface area contributed by atoms with Crippen molar-refractivity contribution in [3.05, 3.63) is 18.5 Å². The van der Waals surface area contributed by atoms with E-state index < -0.39 is 0 Å². The molecule has 1 atom stereocenters. The first-order valence-electron chi connectivity index (χ1n) is 5.93. The van der Waals surface area contributed by atoms with Crippen LogP contribution in [-0.2, 0) is 0 Å². The topological polar surface area (TPSA) is 37.8 Å². The Bertz CT molecular complexity index is 275. The highest BCUT2D eigenvalue weighted by Crippen LogP contribution is 2.17. The average molecular weight is 239 g/mol. The maximum absolute atomic E-state index is 4.21. The highest BCUT2D eigenvalue weighted by Gasteiger charge is 2.08. The van der Waals surface area contributed by atoms with Gasteiger partial charge in [-0.05, 0) is 18.9 Å². The lowest BCUT2D eigenvalue weighted by Crippen LogP contribution is -2.32. The summed E-state index contributed by atoms with van der Waals surface area (Å²) in [6.07, 6.45) is 5.96. The summed E-state index contributed by atoms with van der Waals surface area (Å²) < 4.78 is 0. The van der Waals surface area contributed by atoms with Gasteiger partial charge < -0.3 is 5.32 Å². The van der Waals surface area contributed by atoms with Gasteiger partial charge in [0.05, 0.1) is 0 Å². The molecule has 0 aliphatic rings. The lowest BCUT2D eigenvalue weighted by atomic mass is 10.2. The highest BCUT2D eigenvalue weighted by atomic mass is 32.2. The van der Waals surface area contributed by atoms with Gasteiger partial charge in [0.2, 0.25) is 0 Å². The molecule has 1 rings (SSSR count). The Morgan fingerprint density at radius 2 is 1.88 bits per heavy atom. The van der Waals surface area contributed by atoms with Gasteiger partial charge in [-0.3, -0.25) is 0 Å². The minimum Gasteiger partial charge on any atom is -0.313 e. The molecule has 0 saturated heterocycles. The molecule has 0 aliphatic carbocycles. The van der Waals surface area contributed by atoms with Crippen LogP contribution in [-0.4, -0.2) is 27.8 Å². The second-order valence-corrected chi connectivity index (χ2v) is 5.29. The van der Waals surface area contributed by atoms with E-state index in [9.17, 15) is 0 Å². The molecule has 16 heavy (non-hydrogen) atoms. The van der Waals surface area contributed by atoms with Crippen LogP contribution in [0.15, 0.2) is 23.6 Å². The largest absolute Gasteiger partial charge is 0.313 e. The number of nitrogens with one attached hydrogen (secondary N) is 1. The van der Waals surface area contributed by atoms with Crippen molar-refractivity contribution < 1.29 is 0 Å². The van der Waals surface area contributed by atoms with Crippen molar-refractivity contribution in [1.82, 2.24) is 15.3 Å². The minimum absolute atomic E-state index is 0.503. The molecule has 0 aromatic carbocycles. The number of rotatable bonds is 7. The molecule has 0 saturated carbocycles. The molecule has 1 unspecified atom stereocenters. The fraction of sp³-hybridized carbons (Fsp3) is 0.667. The fourth-order valence-electron chi connectivity index (χ4n) is 1.48. The summed E-state index contributed by atoms with van der Waals surface area (Å²) in [6, 6.07) is 2.48. The monoisotopic (exact) mass is 239 g/mol. The smallest absolute Gasteiger partial charge is 0.187 e. The van der Waals surface area contributed by atoms with E-state index in [0.29, 0.717) is 11.3 Å². The van der Waals surface area contributed by atoms with E-state index in [1.165, 1.54) is 12.8 Å². The zero-order valence-electron chi connectivity index (χ0n) is 10.3. The van der Waals surface area contributed by atoms with Crippen molar-refractivity contribution in [1.29, 1.82) is 0 Å². The van der Waals surface area contributed by atoms with Gasteiger partial charge in [-0.15, -0.1) is 0 Å². The summed E-state index contributed by atoms with van der Waals surface area (Å²) in [5.74, 6) is 0. The number of nitrogens with zero attached hydrogens (tertiary/aromatic N) is 2. The van der Waals surface area contributed by atoms with Crippen LogP contribution in [0.2, 0.25) is 0 Å². The van der Waals surface area contributed by atoms with E-state index in [0.717, 1.165) is 11.7 Å². The zero-order valence-corrected chi connectivity index (χ0v) is 11.1. The van der Waals surface area contributed by atoms with E-state index >= 15 is 0 Å². The quantitative estimate of drug-likeness (QED) is 0.586. The minimum atomic E-state index is 0.503. The summed E-state index contributed by atoms with van der Waals surface area (Å²) in [7, 11) is 0. The maximum Gasteiger partial charge on any atom is 0.187 e. The number of thioether (sulfide) groups is 1. The van der Waals surface area contributed by atoms with E-state index in [4.69, 9.17) is 0 Å². The molecule has 1 heterocycles. The summed E-state index contributed by atoms with van der Waals surface area (Å²) in [6.45, 7) is 7.66. The molecular formula is C12H21N3S. The Kier molecular flexibility index (Phi) is 6.42. The van der Waals surface area contributed by atoms with Crippen LogP contribution < -0.4 is 5.32 Å². The predicted molar refractivity (Wildman–Crippen MR) is 69.7 cm³/mol. The predicted octanol–water partition coefficient (Wildman–Crippen LogP) is 2.74. The van der Waals surface area contributed by atoms with Gasteiger partial charge in [0, 0.05) is 30.2 Å². The first-order valence-corrected chi connectivity index (χ1v) is 6.81. The van der Waals surface area contributed by atoms with Crippen LogP contribution in [0.4, 0.5) is 0 Å². The molecule has 0 aliphatic heterocycles. The van der Waals surface area contributed by atoms with Gasteiger partial charge in [0.25, 0.3) is 0 Å². The number of hydrogen-bond donors (Lipinski definition) is 1. The Hall–Kier alpha value is -0.610. The summed E-state index contributed by atoms with van der Waals surface area (Å²) in [4.78, 5) is 8.42. The van der Waals surface area contributed by atoms with Crippen molar-refractivity contribution in [3.63, 3.8) is 0 Å². The van der Waals surface area contributed by atoms with Crippen LogP contribution in [0.1, 0.15) is 33.6 Å². The molecule has 0 amide bonds. The number of hydrogen-bond acceptors (Lipinski definition) is 4. The van der Waals surface area contributed by atoms with Gasteiger partial charge in [0.1, 0.15) is 0 Å². The SMILES string of the molecule is CCC(CC)NCC(C)Sc1ncccn1. The second-order valence-electron chi connectivity index (χ2n) is 3.88. The molecular weight excluding hydrogens is 218 g/mol. The van der Waals surface area contributed by atoms with Crippen molar-refractivity contribution in [3.8, 4) is 0 Å². The Balaban J connectivity index is 2.28. The van der Waals surface area contributed by atoms with E-state index in [1.807, 2.05) is 6.07 Å². The Labute approximate surface area is 102 Å². The van der Waals surface area contributed by atoms with Crippen LogP contribution in [0, 0.1) is 0 Å². The van der Waals surface area contributed by atoms with Crippen LogP contribution in [0.5, 0.6) is 0 Å². The lowest BCUT2D eigenvalue weighted by molar-refractivity contribution is 0.487. The summed E-state index contributed by atoms with van der Waals surface area (Å²) >= 11 is 1.72. The molecule has 1 aromatic heterocycles. The standard InChI is InChI=1S/C12H21N3S/c1-4-11(5-2)15-9-10(3)16-12-13-7-6-8-14-12/h6-8,10-11,15H,4-5,9H2,1-3H3. The van der Waals surface area contributed by atoms with Crippen LogP contribution in [0.3, 0.4) is 0 Å². The zero-order chi connectivity index (χ0) is 11.8. The summed E-state index contributed by atoms with van der Waals surface area (Å²) in [5.41, 5.74) is 0. The van der Waals surface area contributed by atoms with E-state index in [2.05, 4.69) is 36.1 Å². The average Bonchev–Trinajstić information content (AvgIpc) is 2.31. The Morgan fingerprint density at radius 3 is 2.44 bits per heavy atom. The van der Waals surface area contributed by atoms with Gasteiger partial charge >= 0.3 is 0 Å². The maximum atomic E-state index is 4.21. The fourth-order valence-corrected chi connectivity index (χ4v) is 2.26. The molecule has 3 nitrogen and oxygen atoms in total. The van der Waals surface area contributed by atoms with Crippen molar-refractivity contribution >= 4 is 11.8 Å². The van der Waals surface area contributed by atoms with E-state index in [1.54, 1.807) is 24.2 Å². The Morgan fingerprint density at radius 1 is 1.25 bits per heavy atom. The summed E-state index contributed by atoms with van der Waals surface area (Å²) in [5, 5.41) is 4.93. The van der Waals surface area contributed by atoms with Crippen molar-refractivity contribution in [2.75, 3.05) is 6.54 Å². The van der Waals surface area contributed by atoms with Gasteiger partial charge in [-0.2, -0.15) is 0 Å². The van der Waals surface area contributed by atoms with Crippen molar-refractivity contribution in [2.24, 2.45) is 0 Å². The third-order valence-electron chi connectivity index (χ3n) is 2.53. The first-order chi connectivity index (χ1) is 7.76. The first kappa shape index (κ1) is 13.5. The van der Waals surface area contributed by atoms with Crippen LogP contribution >= 0.6 is 11.8 Å². The second kappa shape index (κ2) is 7.63. The number of aromatic nitrogens is 2. The molecule has 4 heteroatoms. The van der Waals surface area contributed by atoms with E-state index in [-0.39, 0.29) is 0 Å². The molecule has 90 valence electrons. The third-order valence-corrected chi connectivity index (χ3v) is 3.52. The molecule has 1 N–H and O–H groups in total. The normalized spacial score (nSPS) is 13.0. The third kappa shape index (κ3) is 4.94. The lowest BCUT2D eigenvalue weighted by Gasteiger charge is -2.17. The molecule has 1 aromatic rings. The highest BCUT2D eigenvalue weighted by molar-refractivity contribution is 7.99. The molecule has 0 radical (unpaired) electrons. The van der Waals surface area contributed by atoms with Gasteiger partial charge in [-0.25, -0.2) is 9.97 Å². The van der Waals surface area contributed by atoms with Crippen LogP contribution in [0.25, 0.3) is 0 Å². The molecule has 0 spiro atoms. The van der Waals surface area contributed by atoms with Gasteiger partial charge in [0.15, 0.2) is 5.16 Å².